The Balaban J connectivity index is 2.61. The maximum atomic E-state index is 12.0. The number of alkyl halides is 1. The zero-order valence-electron chi connectivity index (χ0n) is 11.5. The molecule has 1 unspecified atom stereocenters. The quantitative estimate of drug-likeness (QED) is 0.619. The number of ether oxygens (including phenoxy) is 2. The molecule has 0 saturated carbocycles. The first kappa shape index (κ1) is 15.6. The summed E-state index contributed by atoms with van der Waals surface area (Å²) in [5, 5.41) is 2.98. The Kier molecular flexibility index (Phi) is 6.50. The van der Waals surface area contributed by atoms with E-state index in [4.69, 9.17) is 21.1 Å². The minimum atomic E-state index is -0.151. The summed E-state index contributed by atoms with van der Waals surface area (Å²) in [4.78, 5) is 12.0. The van der Waals surface area contributed by atoms with E-state index in [2.05, 4.69) is 5.32 Å². The normalized spacial score (nSPS) is 11.8. The maximum absolute atomic E-state index is 12.0. The van der Waals surface area contributed by atoms with Gasteiger partial charge in [-0.15, -0.1) is 11.6 Å². The van der Waals surface area contributed by atoms with Gasteiger partial charge in [-0.2, -0.15) is 0 Å². The summed E-state index contributed by atoms with van der Waals surface area (Å²) in [6, 6.07) is 5.12. The van der Waals surface area contributed by atoms with E-state index in [-0.39, 0.29) is 11.3 Å². The highest BCUT2D eigenvalue weighted by Crippen LogP contribution is 2.24. The van der Waals surface area contributed by atoms with E-state index in [1.165, 1.54) is 7.11 Å². The van der Waals surface area contributed by atoms with Crippen molar-refractivity contribution in [2.75, 3.05) is 20.8 Å². The molecule has 1 N–H and O–H groups in total. The third-order valence-electron chi connectivity index (χ3n) is 2.72. The molecule has 0 radical (unpaired) electrons. The molecule has 0 heterocycles. The van der Waals surface area contributed by atoms with Crippen molar-refractivity contribution in [3.05, 3.63) is 23.8 Å². The first-order valence-electron chi connectivity index (χ1n) is 6.22. The average Bonchev–Trinajstić information content (AvgIpc) is 2.42. The van der Waals surface area contributed by atoms with Crippen molar-refractivity contribution in [2.45, 2.75) is 25.1 Å². The lowest BCUT2D eigenvalue weighted by atomic mass is 10.1. The first-order valence-corrected chi connectivity index (χ1v) is 6.66. The van der Waals surface area contributed by atoms with Crippen molar-refractivity contribution in [3.63, 3.8) is 0 Å². The number of nitrogens with one attached hydrogen (secondary N) is 1. The Morgan fingerprint density at radius 2 is 2.11 bits per heavy atom. The Bertz CT molecular complexity index is 421. The summed E-state index contributed by atoms with van der Waals surface area (Å²) in [6.07, 6.45) is 1.73. The van der Waals surface area contributed by atoms with Gasteiger partial charge in [-0.1, -0.05) is 0 Å². The third kappa shape index (κ3) is 4.99. The topological polar surface area (TPSA) is 47.6 Å². The van der Waals surface area contributed by atoms with Gasteiger partial charge < -0.3 is 14.8 Å². The molecular formula is C14H20ClNO3. The molecule has 0 aliphatic heterocycles. The summed E-state index contributed by atoms with van der Waals surface area (Å²) in [5.74, 6) is 1.01. The fraction of sp³-hybridized carbons (Fsp3) is 0.500. The largest absolute Gasteiger partial charge is 0.497 e. The van der Waals surface area contributed by atoms with Crippen LogP contribution in [0.3, 0.4) is 0 Å². The van der Waals surface area contributed by atoms with Gasteiger partial charge in [0.15, 0.2) is 0 Å². The Morgan fingerprint density at radius 1 is 1.37 bits per heavy atom. The SMILES string of the molecule is COc1ccc(C(=O)NCCCC(C)Cl)c(OC)c1. The van der Waals surface area contributed by atoms with E-state index >= 15 is 0 Å². The molecule has 0 aromatic heterocycles. The lowest BCUT2D eigenvalue weighted by molar-refractivity contribution is 0.0950. The monoisotopic (exact) mass is 285 g/mol. The summed E-state index contributed by atoms with van der Waals surface area (Å²) in [6.45, 7) is 2.54. The van der Waals surface area contributed by atoms with Gasteiger partial charge in [0, 0.05) is 18.0 Å². The van der Waals surface area contributed by atoms with Crippen LogP contribution >= 0.6 is 11.6 Å². The molecule has 19 heavy (non-hydrogen) atoms. The highest BCUT2D eigenvalue weighted by atomic mass is 35.5. The van der Waals surface area contributed by atoms with Crippen LogP contribution in [0.25, 0.3) is 0 Å². The molecule has 0 bridgehead atoms. The predicted molar refractivity (Wildman–Crippen MR) is 76.4 cm³/mol. The van der Waals surface area contributed by atoms with Crippen LogP contribution in [0.1, 0.15) is 30.1 Å². The first-order chi connectivity index (χ1) is 9.08. The lowest BCUT2D eigenvalue weighted by Gasteiger charge is -2.11. The number of hydrogen-bond donors (Lipinski definition) is 1. The zero-order chi connectivity index (χ0) is 14.3. The molecule has 0 spiro atoms. The van der Waals surface area contributed by atoms with Gasteiger partial charge in [0.2, 0.25) is 0 Å². The number of halogens is 1. The zero-order valence-corrected chi connectivity index (χ0v) is 12.3. The highest BCUT2D eigenvalue weighted by molar-refractivity contribution is 6.20. The lowest BCUT2D eigenvalue weighted by Crippen LogP contribution is -2.25. The fourth-order valence-corrected chi connectivity index (χ4v) is 1.82. The van der Waals surface area contributed by atoms with Gasteiger partial charge in [0.05, 0.1) is 19.8 Å². The van der Waals surface area contributed by atoms with Crippen LogP contribution in [0, 0.1) is 0 Å². The standard InChI is InChI=1S/C14H20ClNO3/c1-10(15)5-4-8-16-14(17)12-7-6-11(18-2)9-13(12)19-3/h6-7,9-10H,4-5,8H2,1-3H3,(H,16,17). The second-order valence-electron chi connectivity index (χ2n) is 4.25. The van der Waals surface area contributed by atoms with Crippen molar-refractivity contribution < 1.29 is 14.3 Å². The second kappa shape index (κ2) is 7.89. The molecule has 0 saturated heterocycles. The van der Waals surface area contributed by atoms with Gasteiger partial charge in [-0.25, -0.2) is 0 Å². The second-order valence-corrected chi connectivity index (χ2v) is 4.99. The van der Waals surface area contributed by atoms with Crippen molar-refractivity contribution >= 4 is 17.5 Å². The van der Waals surface area contributed by atoms with Crippen molar-refractivity contribution in [1.29, 1.82) is 0 Å². The van der Waals surface area contributed by atoms with Crippen LogP contribution in [-0.2, 0) is 0 Å². The number of carbonyl (C=O) groups is 1. The number of hydrogen-bond acceptors (Lipinski definition) is 3. The highest BCUT2D eigenvalue weighted by Gasteiger charge is 2.12. The molecular weight excluding hydrogens is 266 g/mol. The molecule has 0 aliphatic rings. The molecule has 1 rings (SSSR count). The molecule has 1 atom stereocenters. The minimum absolute atomic E-state index is 0.132. The molecule has 106 valence electrons. The van der Waals surface area contributed by atoms with Crippen molar-refractivity contribution in [2.24, 2.45) is 0 Å². The van der Waals surface area contributed by atoms with E-state index in [1.807, 2.05) is 6.92 Å². The fourth-order valence-electron chi connectivity index (χ4n) is 1.67. The van der Waals surface area contributed by atoms with E-state index in [9.17, 15) is 4.79 Å². The summed E-state index contributed by atoms with van der Waals surface area (Å²) >= 11 is 5.84. The number of methoxy groups -OCH3 is 2. The van der Waals surface area contributed by atoms with Gasteiger partial charge in [-0.3, -0.25) is 4.79 Å². The summed E-state index contributed by atoms with van der Waals surface area (Å²) in [7, 11) is 3.10. The predicted octanol–water partition coefficient (Wildman–Crippen LogP) is 2.84. The van der Waals surface area contributed by atoms with Crippen LogP contribution in [0.2, 0.25) is 0 Å². The number of benzene rings is 1. The Hall–Kier alpha value is -1.42. The molecule has 5 heteroatoms. The van der Waals surface area contributed by atoms with Crippen molar-refractivity contribution in [1.82, 2.24) is 5.32 Å². The van der Waals surface area contributed by atoms with Crippen LogP contribution in [-0.4, -0.2) is 32.0 Å². The summed E-state index contributed by atoms with van der Waals surface area (Å²) < 4.78 is 10.3. The van der Waals surface area contributed by atoms with E-state index in [0.29, 0.717) is 23.6 Å². The van der Waals surface area contributed by atoms with Crippen LogP contribution < -0.4 is 14.8 Å². The minimum Gasteiger partial charge on any atom is -0.497 e. The molecule has 1 aromatic rings. The third-order valence-corrected chi connectivity index (χ3v) is 2.94. The molecule has 0 fully saturated rings. The van der Waals surface area contributed by atoms with Gasteiger partial charge >= 0.3 is 0 Å². The van der Waals surface area contributed by atoms with Crippen molar-refractivity contribution in [3.8, 4) is 11.5 Å². The maximum Gasteiger partial charge on any atom is 0.255 e. The van der Waals surface area contributed by atoms with E-state index in [0.717, 1.165) is 12.8 Å². The molecule has 0 aliphatic carbocycles. The molecule has 1 aromatic carbocycles. The number of carbonyl (C=O) groups excluding carboxylic acids is 1. The molecule has 4 nitrogen and oxygen atoms in total. The van der Waals surface area contributed by atoms with E-state index < -0.39 is 0 Å². The Labute approximate surface area is 119 Å². The van der Waals surface area contributed by atoms with Crippen LogP contribution in [0.15, 0.2) is 18.2 Å². The van der Waals surface area contributed by atoms with Crippen LogP contribution in [0.4, 0.5) is 0 Å². The Morgan fingerprint density at radius 3 is 2.68 bits per heavy atom. The smallest absolute Gasteiger partial charge is 0.255 e. The number of rotatable bonds is 7. The van der Waals surface area contributed by atoms with E-state index in [1.54, 1.807) is 25.3 Å². The summed E-state index contributed by atoms with van der Waals surface area (Å²) in [5.41, 5.74) is 0.502. The number of amides is 1. The van der Waals surface area contributed by atoms with Gasteiger partial charge in [0.25, 0.3) is 5.91 Å². The molecule has 1 amide bonds. The van der Waals surface area contributed by atoms with Gasteiger partial charge in [-0.05, 0) is 31.9 Å². The average molecular weight is 286 g/mol. The van der Waals surface area contributed by atoms with Crippen LogP contribution in [0.5, 0.6) is 11.5 Å². The van der Waals surface area contributed by atoms with Gasteiger partial charge in [0.1, 0.15) is 11.5 Å².